The lowest BCUT2D eigenvalue weighted by Crippen LogP contribution is -2.23. The average Bonchev–Trinajstić information content (AvgIpc) is 2.43. The molecule has 2 rings (SSSR count). The fourth-order valence-electron chi connectivity index (χ4n) is 1.36. The van der Waals surface area contributed by atoms with Crippen molar-refractivity contribution in [1.82, 2.24) is 15.5 Å². The van der Waals surface area contributed by atoms with E-state index in [1.807, 2.05) is 24.3 Å². The molecule has 0 unspecified atom stereocenters. The Morgan fingerprint density at radius 2 is 1.74 bits per heavy atom. The number of hydrogen-bond acceptors (Lipinski definition) is 4. The Labute approximate surface area is 121 Å². The Morgan fingerprint density at radius 3 is 2.32 bits per heavy atom. The van der Waals surface area contributed by atoms with Crippen molar-refractivity contribution in [1.29, 1.82) is 0 Å². The molecule has 0 atom stereocenters. The number of halogens is 1. The summed E-state index contributed by atoms with van der Waals surface area (Å²) in [6.07, 6.45) is 0. The van der Waals surface area contributed by atoms with Gasteiger partial charge < -0.3 is 16.0 Å². The summed E-state index contributed by atoms with van der Waals surface area (Å²) in [5.41, 5.74) is 1.81. The third-order valence-corrected chi connectivity index (χ3v) is 2.78. The van der Waals surface area contributed by atoms with E-state index in [-0.39, 0.29) is 0 Å². The van der Waals surface area contributed by atoms with Crippen molar-refractivity contribution in [3.05, 3.63) is 41.6 Å². The molecule has 0 amide bonds. The van der Waals surface area contributed by atoms with Gasteiger partial charge in [0.05, 0.1) is 0 Å². The van der Waals surface area contributed by atoms with Gasteiger partial charge in [-0.25, -0.2) is 0 Å². The SMILES string of the molecule is CNC(=S)Nc1ccc(Nc2ccc(Cl)nn2)cc1. The highest BCUT2D eigenvalue weighted by Crippen LogP contribution is 2.17. The minimum absolute atomic E-state index is 0.366. The maximum atomic E-state index is 5.67. The Bertz CT molecular complexity index is 555. The van der Waals surface area contributed by atoms with Crippen molar-refractivity contribution in [2.75, 3.05) is 17.7 Å². The van der Waals surface area contributed by atoms with E-state index in [1.54, 1.807) is 19.2 Å². The zero-order valence-corrected chi connectivity index (χ0v) is 11.7. The third-order valence-electron chi connectivity index (χ3n) is 2.27. The average molecular weight is 294 g/mol. The van der Waals surface area contributed by atoms with Crippen LogP contribution in [0, 0.1) is 0 Å². The van der Waals surface area contributed by atoms with Crippen molar-refractivity contribution in [3.8, 4) is 0 Å². The predicted octanol–water partition coefficient (Wildman–Crippen LogP) is 2.79. The lowest BCUT2D eigenvalue weighted by Gasteiger charge is -2.08. The van der Waals surface area contributed by atoms with Gasteiger partial charge in [-0.15, -0.1) is 10.2 Å². The second-order valence-corrected chi connectivity index (χ2v) is 4.44. The number of thiocarbonyl (C=S) groups is 1. The summed E-state index contributed by atoms with van der Waals surface area (Å²) in [5.74, 6) is 0.635. The number of anilines is 3. The summed E-state index contributed by atoms with van der Waals surface area (Å²) in [6, 6.07) is 11.1. The van der Waals surface area contributed by atoms with Crippen molar-refractivity contribution in [2.24, 2.45) is 0 Å². The van der Waals surface area contributed by atoms with Gasteiger partial charge >= 0.3 is 0 Å². The minimum atomic E-state index is 0.366. The highest BCUT2D eigenvalue weighted by molar-refractivity contribution is 7.80. The van der Waals surface area contributed by atoms with Gasteiger partial charge in [0, 0.05) is 18.4 Å². The van der Waals surface area contributed by atoms with E-state index in [0.29, 0.717) is 16.1 Å². The van der Waals surface area contributed by atoms with Crippen LogP contribution in [-0.2, 0) is 0 Å². The molecule has 0 saturated heterocycles. The first-order valence-corrected chi connectivity index (χ1v) is 6.31. The van der Waals surface area contributed by atoms with Crippen molar-refractivity contribution in [2.45, 2.75) is 0 Å². The zero-order chi connectivity index (χ0) is 13.7. The van der Waals surface area contributed by atoms with E-state index in [2.05, 4.69) is 26.1 Å². The second kappa shape index (κ2) is 6.31. The summed E-state index contributed by atoms with van der Waals surface area (Å²) in [7, 11) is 1.77. The molecule has 3 N–H and O–H groups in total. The molecule has 5 nitrogen and oxygen atoms in total. The number of aromatic nitrogens is 2. The standard InChI is InChI=1S/C12H12ClN5S/c1-14-12(19)16-9-4-2-8(3-5-9)15-11-7-6-10(13)17-18-11/h2-7H,1H3,(H,15,18)(H2,14,16,19). The van der Waals surface area contributed by atoms with Crippen LogP contribution in [0.4, 0.5) is 17.2 Å². The van der Waals surface area contributed by atoms with Gasteiger partial charge in [0.1, 0.15) is 0 Å². The van der Waals surface area contributed by atoms with Crippen molar-refractivity contribution in [3.63, 3.8) is 0 Å². The first-order valence-electron chi connectivity index (χ1n) is 5.52. The molecule has 0 saturated carbocycles. The van der Waals surface area contributed by atoms with Crippen LogP contribution in [0.25, 0.3) is 0 Å². The molecule has 1 aromatic carbocycles. The van der Waals surface area contributed by atoms with Gasteiger partial charge in [0.15, 0.2) is 16.1 Å². The van der Waals surface area contributed by atoms with Crippen LogP contribution >= 0.6 is 23.8 Å². The van der Waals surface area contributed by atoms with E-state index in [0.717, 1.165) is 11.4 Å². The summed E-state index contributed by atoms with van der Waals surface area (Å²) < 4.78 is 0. The molecule has 7 heteroatoms. The van der Waals surface area contributed by atoms with Crippen LogP contribution < -0.4 is 16.0 Å². The van der Waals surface area contributed by atoms with Gasteiger partial charge in [0.2, 0.25) is 0 Å². The fourth-order valence-corrected chi connectivity index (χ4v) is 1.58. The number of nitrogens with zero attached hydrogens (tertiary/aromatic N) is 2. The van der Waals surface area contributed by atoms with Crippen LogP contribution in [0.5, 0.6) is 0 Å². The highest BCUT2D eigenvalue weighted by atomic mass is 35.5. The van der Waals surface area contributed by atoms with Gasteiger partial charge in [-0.05, 0) is 48.6 Å². The Kier molecular flexibility index (Phi) is 4.48. The lowest BCUT2D eigenvalue weighted by atomic mass is 10.3. The molecule has 1 heterocycles. The molecular weight excluding hydrogens is 282 g/mol. The largest absolute Gasteiger partial charge is 0.366 e. The van der Waals surface area contributed by atoms with Crippen LogP contribution in [-0.4, -0.2) is 22.4 Å². The van der Waals surface area contributed by atoms with E-state index in [1.165, 1.54) is 0 Å². The molecule has 0 fully saturated rings. The third kappa shape index (κ3) is 4.04. The number of nitrogens with one attached hydrogen (secondary N) is 3. The molecule has 0 aliphatic carbocycles. The summed E-state index contributed by atoms with van der Waals surface area (Å²) >= 11 is 10.7. The zero-order valence-electron chi connectivity index (χ0n) is 10.1. The first kappa shape index (κ1) is 13.5. The molecular formula is C12H12ClN5S. The Morgan fingerprint density at radius 1 is 1.05 bits per heavy atom. The maximum Gasteiger partial charge on any atom is 0.170 e. The van der Waals surface area contributed by atoms with Crippen LogP contribution in [0.3, 0.4) is 0 Å². The van der Waals surface area contributed by atoms with Crippen molar-refractivity contribution < 1.29 is 0 Å². The topological polar surface area (TPSA) is 61.9 Å². The smallest absolute Gasteiger partial charge is 0.170 e. The Hall–Kier alpha value is -1.92. The van der Waals surface area contributed by atoms with Gasteiger partial charge in [-0.1, -0.05) is 11.6 Å². The maximum absolute atomic E-state index is 5.67. The molecule has 0 aliphatic heterocycles. The normalized spacial score (nSPS) is 9.79. The summed E-state index contributed by atoms with van der Waals surface area (Å²) in [5, 5.41) is 17.6. The quantitative estimate of drug-likeness (QED) is 0.757. The second-order valence-electron chi connectivity index (χ2n) is 3.65. The predicted molar refractivity (Wildman–Crippen MR) is 82.0 cm³/mol. The molecule has 1 aromatic heterocycles. The number of rotatable bonds is 3. The van der Waals surface area contributed by atoms with Crippen molar-refractivity contribution >= 4 is 46.1 Å². The van der Waals surface area contributed by atoms with Gasteiger partial charge in [-0.2, -0.15) is 0 Å². The monoisotopic (exact) mass is 293 g/mol. The summed E-state index contributed by atoms with van der Waals surface area (Å²) in [4.78, 5) is 0. The van der Waals surface area contributed by atoms with E-state index in [4.69, 9.17) is 23.8 Å². The van der Waals surface area contributed by atoms with E-state index in [9.17, 15) is 0 Å². The van der Waals surface area contributed by atoms with E-state index >= 15 is 0 Å². The number of benzene rings is 1. The van der Waals surface area contributed by atoms with Crippen LogP contribution in [0.2, 0.25) is 5.15 Å². The van der Waals surface area contributed by atoms with Crippen LogP contribution in [0.1, 0.15) is 0 Å². The molecule has 0 spiro atoms. The lowest BCUT2D eigenvalue weighted by molar-refractivity contribution is 1.04. The van der Waals surface area contributed by atoms with E-state index < -0.39 is 0 Å². The first-order chi connectivity index (χ1) is 9.17. The van der Waals surface area contributed by atoms with Gasteiger partial charge in [-0.3, -0.25) is 0 Å². The molecule has 98 valence electrons. The highest BCUT2D eigenvalue weighted by Gasteiger charge is 1.99. The molecule has 0 radical (unpaired) electrons. The molecule has 0 bridgehead atoms. The number of hydrogen-bond donors (Lipinski definition) is 3. The molecule has 0 aliphatic rings. The van der Waals surface area contributed by atoms with Crippen LogP contribution in [0.15, 0.2) is 36.4 Å². The molecule has 2 aromatic rings. The fraction of sp³-hybridized carbons (Fsp3) is 0.0833. The summed E-state index contributed by atoms with van der Waals surface area (Å²) in [6.45, 7) is 0. The van der Waals surface area contributed by atoms with Gasteiger partial charge in [0.25, 0.3) is 0 Å². The molecule has 19 heavy (non-hydrogen) atoms. The minimum Gasteiger partial charge on any atom is -0.366 e. The Balaban J connectivity index is 2.02.